The van der Waals surface area contributed by atoms with E-state index < -0.39 is 0 Å². The minimum absolute atomic E-state index is 0. The van der Waals surface area contributed by atoms with Crippen LogP contribution < -0.4 is 10.1 Å². The number of ether oxygens (including phenoxy) is 2. The molecule has 1 aliphatic heterocycles. The van der Waals surface area contributed by atoms with Gasteiger partial charge in [-0.2, -0.15) is 0 Å². The molecule has 0 unspecified atom stereocenters. The second-order valence-corrected chi connectivity index (χ2v) is 4.20. The van der Waals surface area contributed by atoms with Crippen LogP contribution in [0.2, 0.25) is 0 Å². The maximum Gasteiger partial charge on any atom is 0.407 e. The lowest BCUT2D eigenvalue weighted by Crippen LogP contribution is -2.18. The number of amides is 1. The van der Waals surface area contributed by atoms with Crippen molar-refractivity contribution in [1.82, 2.24) is 5.32 Å². The average Bonchev–Trinajstić information content (AvgIpc) is 2.84. The number of rotatable bonds is 2. The molecule has 0 aromatic heterocycles. The first kappa shape index (κ1) is 13.5. The molecular formula is C14H14ClNO3. The lowest BCUT2D eigenvalue weighted by atomic mass is 9.99. The standard InChI is InChI=1S/C14H13NO3.ClH/c1-17-13-7-6-10(12-8-18-14(16)15-12)9-4-2-3-5-11(9)13;/h2-7,12H,8H2,1H3,(H,15,16);1H/t12-;/m1./s1. The van der Waals surface area contributed by atoms with Crippen molar-refractivity contribution >= 4 is 29.3 Å². The molecule has 4 nitrogen and oxygen atoms in total. The maximum atomic E-state index is 11.1. The summed E-state index contributed by atoms with van der Waals surface area (Å²) in [6.45, 7) is 0.370. The maximum absolute atomic E-state index is 11.1. The van der Waals surface area contributed by atoms with Gasteiger partial charge in [0.2, 0.25) is 0 Å². The highest BCUT2D eigenvalue weighted by Crippen LogP contribution is 2.32. The molecule has 0 radical (unpaired) electrons. The number of alkyl carbamates (subject to hydrolysis) is 1. The van der Waals surface area contributed by atoms with Crippen molar-refractivity contribution in [2.45, 2.75) is 6.04 Å². The van der Waals surface area contributed by atoms with Crippen LogP contribution in [0.5, 0.6) is 5.75 Å². The van der Waals surface area contributed by atoms with E-state index in [0.29, 0.717) is 6.61 Å². The van der Waals surface area contributed by atoms with Gasteiger partial charge in [0.1, 0.15) is 12.4 Å². The number of benzene rings is 2. The second kappa shape index (κ2) is 5.36. The number of fused-ring (bicyclic) bond motifs is 1. The Morgan fingerprint density at radius 2 is 1.95 bits per heavy atom. The Kier molecular flexibility index (Phi) is 3.81. The summed E-state index contributed by atoms with van der Waals surface area (Å²) in [7, 11) is 1.65. The Labute approximate surface area is 117 Å². The van der Waals surface area contributed by atoms with E-state index in [0.717, 1.165) is 22.1 Å². The van der Waals surface area contributed by atoms with E-state index in [9.17, 15) is 4.79 Å². The van der Waals surface area contributed by atoms with Crippen LogP contribution in [-0.2, 0) is 4.74 Å². The van der Waals surface area contributed by atoms with Gasteiger partial charge < -0.3 is 14.8 Å². The third-order valence-electron chi connectivity index (χ3n) is 3.19. The van der Waals surface area contributed by atoms with Gasteiger partial charge in [0.25, 0.3) is 0 Å². The fraction of sp³-hybridized carbons (Fsp3) is 0.214. The quantitative estimate of drug-likeness (QED) is 0.919. The molecule has 1 saturated heterocycles. The summed E-state index contributed by atoms with van der Waals surface area (Å²) < 4.78 is 10.3. The molecule has 1 atom stereocenters. The van der Waals surface area contributed by atoms with E-state index in [1.807, 2.05) is 36.4 Å². The Balaban J connectivity index is 0.00000133. The van der Waals surface area contributed by atoms with Gasteiger partial charge >= 0.3 is 6.09 Å². The van der Waals surface area contributed by atoms with Crippen LogP contribution in [0.4, 0.5) is 4.79 Å². The fourth-order valence-electron chi connectivity index (χ4n) is 2.33. The van der Waals surface area contributed by atoms with Gasteiger partial charge in [-0.25, -0.2) is 4.79 Å². The third kappa shape index (κ3) is 2.31. The summed E-state index contributed by atoms with van der Waals surface area (Å²) in [5, 5.41) is 4.91. The zero-order chi connectivity index (χ0) is 12.5. The van der Waals surface area contributed by atoms with Crippen molar-refractivity contribution in [3.63, 3.8) is 0 Å². The Morgan fingerprint density at radius 1 is 1.21 bits per heavy atom. The fourth-order valence-corrected chi connectivity index (χ4v) is 2.33. The van der Waals surface area contributed by atoms with E-state index in [4.69, 9.17) is 9.47 Å². The van der Waals surface area contributed by atoms with E-state index >= 15 is 0 Å². The molecule has 1 fully saturated rings. The van der Waals surface area contributed by atoms with Crippen molar-refractivity contribution < 1.29 is 14.3 Å². The normalized spacial score (nSPS) is 17.5. The van der Waals surface area contributed by atoms with Crippen molar-refractivity contribution in [2.75, 3.05) is 13.7 Å². The summed E-state index contributed by atoms with van der Waals surface area (Å²) in [5.74, 6) is 0.833. The average molecular weight is 280 g/mol. The highest BCUT2D eigenvalue weighted by atomic mass is 35.5. The van der Waals surface area contributed by atoms with Crippen LogP contribution in [0.1, 0.15) is 11.6 Å². The highest BCUT2D eigenvalue weighted by Gasteiger charge is 2.25. The molecule has 0 bridgehead atoms. The van der Waals surface area contributed by atoms with Gasteiger partial charge in [-0.15, -0.1) is 12.4 Å². The lowest BCUT2D eigenvalue weighted by Gasteiger charge is -2.13. The summed E-state index contributed by atoms with van der Waals surface area (Å²) in [6, 6.07) is 11.8. The first-order valence-corrected chi connectivity index (χ1v) is 5.78. The molecule has 1 heterocycles. The molecule has 1 amide bonds. The molecule has 2 aromatic rings. The van der Waals surface area contributed by atoms with Gasteiger partial charge in [0, 0.05) is 5.39 Å². The number of halogens is 1. The molecule has 5 heteroatoms. The Hall–Kier alpha value is -1.94. The largest absolute Gasteiger partial charge is 0.496 e. The predicted molar refractivity (Wildman–Crippen MR) is 75.0 cm³/mol. The third-order valence-corrected chi connectivity index (χ3v) is 3.19. The van der Waals surface area contributed by atoms with Crippen molar-refractivity contribution in [2.24, 2.45) is 0 Å². The highest BCUT2D eigenvalue weighted by molar-refractivity contribution is 5.92. The molecule has 0 spiro atoms. The van der Waals surface area contributed by atoms with Crippen LogP contribution in [0.15, 0.2) is 36.4 Å². The minimum Gasteiger partial charge on any atom is -0.496 e. The van der Waals surface area contributed by atoms with Crippen LogP contribution in [0.3, 0.4) is 0 Å². The van der Waals surface area contributed by atoms with Gasteiger partial charge in [-0.1, -0.05) is 30.3 Å². The molecule has 0 aliphatic carbocycles. The number of hydrogen-bond acceptors (Lipinski definition) is 3. The number of cyclic esters (lactones) is 1. The molecular weight excluding hydrogens is 266 g/mol. The zero-order valence-electron chi connectivity index (χ0n) is 10.4. The SMILES string of the molecule is COc1ccc([C@H]2COC(=O)N2)c2ccccc12.Cl. The number of nitrogens with one attached hydrogen (secondary N) is 1. The van der Waals surface area contributed by atoms with Crippen LogP contribution >= 0.6 is 12.4 Å². The zero-order valence-corrected chi connectivity index (χ0v) is 11.2. The lowest BCUT2D eigenvalue weighted by molar-refractivity contribution is 0.177. The van der Waals surface area contributed by atoms with Gasteiger partial charge in [0.05, 0.1) is 13.2 Å². The minimum atomic E-state index is -0.361. The smallest absolute Gasteiger partial charge is 0.407 e. The van der Waals surface area contributed by atoms with Gasteiger partial charge in [-0.05, 0) is 17.0 Å². The second-order valence-electron chi connectivity index (χ2n) is 4.20. The first-order valence-electron chi connectivity index (χ1n) is 5.78. The summed E-state index contributed by atoms with van der Waals surface area (Å²) in [5.41, 5.74) is 1.05. The number of hydrogen-bond donors (Lipinski definition) is 1. The number of carbonyl (C=O) groups is 1. The molecule has 3 rings (SSSR count). The van der Waals surface area contributed by atoms with Crippen LogP contribution in [0.25, 0.3) is 10.8 Å². The number of methoxy groups -OCH3 is 1. The van der Waals surface area contributed by atoms with E-state index in [-0.39, 0.29) is 24.5 Å². The van der Waals surface area contributed by atoms with Crippen LogP contribution in [0, 0.1) is 0 Å². The Bertz CT molecular complexity index is 615. The number of carbonyl (C=O) groups excluding carboxylic acids is 1. The van der Waals surface area contributed by atoms with Crippen molar-refractivity contribution in [1.29, 1.82) is 0 Å². The van der Waals surface area contributed by atoms with Crippen molar-refractivity contribution in [3.05, 3.63) is 42.0 Å². The Morgan fingerprint density at radius 3 is 2.58 bits per heavy atom. The van der Waals surface area contributed by atoms with E-state index in [1.165, 1.54) is 0 Å². The molecule has 100 valence electrons. The van der Waals surface area contributed by atoms with E-state index in [2.05, 4.69) is 5.32 Å². The van der Waals surface area contributed by atoms with Crippen LogP contribution in [-0.4, -0.2) is 19.8 Å². The molecule has 2 aromatic carbocycles. The van der Waals surface area contributed by atoms with Crippen molar-refractivity contribution in [3.8, 4) is 5.75 Å². The van der Waals surface area contributed by atoms with Gasteiger partial charge in [0.15, 0.2) is 0 Å². The first-order chi connectivity index (χ1) is 8.79. The summed E-state index contributed by atoms with van der Waals surface area (Å²) in [6.07, 6.45) is -0.361. The predicted octanol–water partition coefficient (Wildman–Crippen LogP) is 3.05. The molecule has 1 N–H and O–H groups in total. The summed E-state index contributed by atoms with van der Waals surface area (Å²) in [4.78, 5) is 11.1. The topological polar surface area (TPSA) is 47.6 Å². The molecule has 0 saturated carbocycles. The van der Waals surface area contributed by atoms with E-state index in [1.54, 1.807) is 7.11 Å². The molecule has 19 heavy (non-hydrogen) atoms. The monoisotopic (exact) mass is 279 g/mol. The summed E-state index contributed by atoms with van der Waals surface area (Å²) >= 11 is 0. The molecule has 1 aliphatic rings. The van der Waals surface area contributed by atoms with Gasteiger partial charge in [-0.3, -0.25) is 0 Å².